The van der Waals surface area contributed by atoms with Gasteiger partial charge in [0.05, 0.1) is 18.7 Å². The van der Waals surface area contributed by atoms with Crippen molar-refractivity contribution in [1.29, 1.82) is 0 Å². The van der Waals surface area contributed by atoms with E-state index >= 15 is 0 Å². The summed E-state index contributed by atoms with van der Waals surface area (Å²) in [6, 6.07) is 8.58. The molecule has 0 spiro atoms. The maximum absolute atomic E-state index is 13.9. The van der Waals surface area contributed by atoms with Gasteiger partial charge in [0, 0.05) is 60.7 Å². The Bertz CT molecular complexity index is 1190. The summed E-state index contributed by atoms with van der Waals surface area (Å²) < 4.78 is 35.2. The average Bonchev–Trinajstić information content (AvgIpc) is 3.06. The highest BCUT2D eigenvalue weighted by atomic mass is 35.5. The van der Waals surface area contributed by atoms with E-state index in [1.807, 2.05) is 31.5 Å². The first-order valence-electron chi connectivity index (χ1n) is 10.7. The molecule has 1 amide bonds. The Morgan fingerprint density at radius 2 is 1.84 bits per heavy atom. The Balaban J connectivity index is 1.73. The van der Waals surface area contributed by atoms with Gasteiger partial charge in [0.2, 0.25) is 0 Å². The quantitative estimate of drug-likeness (QED) is 0.506. The minimum absolute atomic E-state index is 0.00645. The molecule has 7 heteroatoms. The fourth-order valence-corrected chi connectivity index (χ4v) is 4.78. The highest BCUT2D eigenvalue weighted by molar-refractivity contribution is 6.31. The lowest BCUT2D eigenvalue weighted by molar-refractivity contribution is 0.0175. The summed E-state index contributed by atoms with van der Waals surface area (Å²) in [5.74, 6) is -2.92. The van der Waals surface area contributed by atoms with E-state index in [0.29, 0.717) is 43.3 Å². The Morgan fingerprint density at radius 3 is 2.50 bits per heavy atom. The zero-order valence-electron chi connectivity index (χ0n) is 18.8. The number of ether oxygens (including phenoxy) is 1. The van der Waals surface area contributed by atoms with Crippen LogP contribution < -0.4 is 0 Å². The lowest BCUT2D eigenvalue weighted by Crippen LogP contribution is -2.41. The first kappa shape index (κ1) is 22.7. The van der Waals surface area contributed by atoms with Crippen LogP contribution in [0.5, 0.6) is 0 Å². The average molecular weight is 461 g/mol. The number of halogens is 3. The Hall–Kier alpha value is -2.44. The number of carbonyl (C=O) groups is 1. The van der Waals surface area contributed by atoms with E-state index < -0.39 is 5.92 Å². The Kier molecular flexibility index (Phi) is 6.03. The molecule has 170 valence electrons. The predicted molar refractivity (Wildman–Crippen MR) is 123 cm³/mol. The summed E-state index contributed by atoms with van der Waals surface area (Å²) in [4.78, 5) is 14.9. The van der Waals surface area contributed by atoms with Crippen molar-refractivity contribution in [3.05, 3.63) is 68.9 Å². The van der Waals surface area contributed by atoms with Crippen LogP contribution in [0.15, 0.2) is 30.3 Å². The number of morpholine rings is 1. The molecule has 1 aromatic heterocycles. The first-order valence-corrected chi connectivity index (χ1v) is 11.1. The molecule has 32 heavy (non-hydrogen) atoms. The lowest BCUT2D eigenvalue weighted by Gasteiger charge is -2.28. The van der Waals surface area contributed by atoms with Gasteiger partial charge < -0.3 is 14.2 Å². The fourth-order valence-electron chi connectivity index (χ4n) is 4.51. The smallest absolute Gasteiger partial charge is 0.270 e. The zero-order chi connectivity index (χ0) is 23.2. The van der Waals surface area contributed by atoms with Gasteiger partial charge in [-0.15, -0.1) is 0 Å². The third-order valence-corrected chi connectivity index (χ3v) is 6.71. The number of amides is 1. The summed E-state index contributed by atoms with van der Waals surface area (Å²) in [5, 5.41) is 1.36. The molecular weight excluding hydrogens is 434 g/mol. The number of carbonyl (C=O) groups excluding carboxylic acids is 1. The van der Waals surface area contributed by atoms with E-state index in [1.165, 1.54) is 0 Å². The zero-order valence-corrected chi connectivity index (χ0v) is 19.5. The molecule has 0 saturated carbocycles. The van der Waals surface area contributed by atoms with Gasteiger partial charge in [0.15, 0.2) is 0 Å². The van der Waals surface area contributed by atoms with Gasteiger partial charge in [-0.2, -0.15) is 0 Å². The van der Waals surface area contributed by atoms with E-state index in [0.717, 1.165) is 40.2 Å². The van der Waals surface area contributed by atoms with Gasteiger partial charge in [-0.05, 0) is 60.9 Å². The van der Waals surface area contributed by atoms with Crippen molar-refractivity contribution >= 4 is 28.4 Å². The van der Waals surface area contributed by atoms with Crippen molar-refractivity contribution in [3.63, 3.8) is 0 Å². The van der Waals surface area contributed by atoms with E-state index in [4.69, 9.17) is 16.3 Å². The molecule has 0 bridgehead atoms. The molecule has 0 aliphatic carbocycles. The lowest BCUT2D eigenvalue weighted by atomic mass is 9.97. The summed E-state index contributed by atoms with van der Waals surface area (Å²) in [6.07, 6.45) is 0.497. The molecule has 1 aliphatic rings. The van der Waals surface area contributed by atoms with Gasteiger partial charge in [-0.1, -0.05) is 11.6 Å². The van der Waals surface area contributed by atoms with Crippen molar-refractivity contribution in [1.82, 2.24) is 9.47 Å². The number of aromatic nitrogens is 1. The van der Waals surface area contributed by atoms with Gasteiger partial charge in [-0.25, -0.2) is 8.78 Å². The normalized spacial score (nSPS) is 14.9. The van der Waals surface area contributed by atoms with Crippen molar-refractivity contribution in [2.24, 2.45) is 7.05 Å². The van der Waals surface area contributed by atoms with Crippen molar-refractivity contribution in [2.45, 2.75) is 33.1 Å². The number of hydrogen-bond acceptors (Lipinski definition) is 2. The minimum atomic E-state index is -2.90. The monoisotopic (exact) mass is 460 g/mol. The largest absolute Gasteiger partial charge is 0.378 e. The van der Waals surface area contributed by atoms with Crippen LogP contribution in [0.4, 0.5) is 8.78 Å². The maximum Gasteiger partial charge on any atom is 0.270 e. The second-order valence-electron chi connectivity index (χ2n) is 8.59. The standard InChI is InChI=1S/C25H27ClF2N2O2/c1-15-11-18(25(3,27)28)12-17-13-19(29(4)23(15)17)14-21-16(2)20(5-6-22(21)26)24(31)30-7-9-32-10-8-30/h5-6,11-13H,7-10,14H2,1-4H3. The maximum atomic E-state index is 13.9. The number of aryl methyl sites for hydroxylation is 2. The summed E-state index contributed by atoms with van der Waals surface area (Å²) in [6.45, 7) is 6.90. The molecule has 0 unspecified atom stereocenters. The molecule has 4 nitrogen and oxygen atoms in total. The molecule has 4 rings (SSSR count). The number of alkyl halides is 2. The summed E-state index contributed by atoms with van der Waals surface area (Å²) in [7, 11) is 1.93. The molecule has 1 aliphatic heterocycles. The van der Waals surface area contributed by atoms with Crippen molar-refractivity contribution in [2.75, 3.05) is 26.3 Å². The fraction of sp³-hybridized carbons (Fsp3) is 0.400. The second kappa shape index (κ2) is 8.49. The van der Waals surface area contributed by atoms with Crippen LogP contribution in [0.25, 0.3) is 10.9 Å². The van der Waals surface area contributed by atoms with E-state index in [9.17, 15) is 13.6 Å². The second-order valence-corrected chi connectivity index (χ2v) is 9.00. The SMILES string of the molecule is Cc1c(C(=O)N2CCOCC2)ccc(Cl)c1Cc1cc2cc(C(C)(F)F)cc(C)c2n1C. The number of nitrogens with zero attached hydrogens (tertiary/aromatic N) is 2. The third kappa shape index (κ3) is 4.14. The molecule has 2 heterocycles. The number of fused-ring (bicyclic) bond motifs is 1. The van der Waals surface area contributed by atoms with Crippen LogP contribution in [-0.2, 0) is 24.1 Å². The first-order chi connectivity index (χ1) is 15.1. The van der Waals surface area contributed by atoms with Crippen LogP contribution in [0.2, 0.25) is 5.02 Å². The molecule has 1 fully saturated rings. The van der Waals surface area contributed by atoms with Gasteiger partial charge in [0.1, 0.15) is 0 Å². The van der Waals surface area contributed by atoms with Gasteiger partial charge >= 0.3 is 0 Å². The van der Waals surface area contributed by atoms with E-state index in [2.05, 4.69) is 0 Å². The molecule has 2 aromatic carbocycles. The van der Waals surface area contributed by atoms with Crippen LogP contribution in [0.3, 0.4) is 0 Å². The molecule has 0 radical (unpaired) electrons. The van der Waals surface area contributed by atoms with Gasteiger partial charge in [-0.3, -0.25) is 4.79 Å². The summed E-state index contributed by atoms with van der Waals surface area (Å²) in [5.41, 5.74) is 5.02. The number of hydrogen-bond donors (Lipinski definition) is 0. The van der Waals surface area contributed by atoms with Crippen molar-refractivity contribution in [3.8, 4) is 0 Å². The molecule has 0 atom stereocenters. The molecule has 0 N–H and O–H groups in total. The van der Waals surface area contributed by atoms with Crippen LogP contribution in [0.1, 0.15) is 45.2 Å². The molecule has 1 saturated heterocycles. The highest BCUT2D eigenvalue weighted by Crippen LogP contribution is 2.34. The minimum Gasteiger partial charge on any atom is -0.378 e. The number of benzene rings is 2. The van der Waals surface area contributed by atoms with Gasteiger partial charge in [0.25, 0.3) is 11.8 Å². The van der Waals surface area contributed by atoms with E-state index in [1.54, 1.807) is 29.2 Å². The number of rotatable bonds is 4. The Labute approximate surface area is 191 Å². The summed E-state index contributed by atoms with van der Waals surface area (Å²) >= 11 is 6.56. The molecular formula is C25H27ClF2N2O2. The van der Waals surface area contributed by atoms with Crippen LogP contribution >= 0.6 is 11.6 Å². The predicted octanol–water partition coefficient (Wildman–Crippen LogP) is 5.62. The topological polar surface area (TPSA) is 34.5 Å². The Morgan fingerprint density at radius 1 is 1.16 bits per heavy atom. The molecule has 3 aromatic rings. The third-order valence-electron chi connectivity index (χ3n) is 6.35. The van der Waals surface area contributed by atoms with E-state index in [-0.39, 0.29) is 11.5 Å². The van der Waals surface area contributed by atoms with Crippen LogP contribution in [0, 0.1) is 13.8 Å². The highest BCUT2D eigenvalue weighted by Gasteiger charge is 2.26. The van der Waals surface area contributed by atoms with Crippen LogP contribution in [-0.4, -0.2) is 41.7 Å². The van der Waals surface area contributed by atoms with Crippen molar-refractivity contribution < 1.29 is 18.3 Å².